The van der Waals surface area contributed by atoms with Gasteiger partial charge in [-0.25, -0.2) is 19.2 Å². The third-order valence-corrected chi connectivity index (χ3v) is 6.51. The van der Waals surface area contributed by atoms with Crippen LogP contribution in [0.3, 0.4) is 0 Å². The maximum absolute atomic E-state index is 13.6. The lowest BCUT2D eigenvalue weighted by atomic mass is 9.97. The monoisotopic (exact) mass is 493 g/mol. The molecule has 0 bridgehead atoms. The maximum atomic E-state index is 13.6. The number of benzene rings is 1. The predicted octanol–water partition coefficient (Wildman–Crippen LogP) is 5.38. The van der Waals surface area contributed by atoms with Crippen molar-refractivity contribution in [1.82, 2.24) is 14.9 Å². The van der Waals surface area contributed by atoms with E-state index in [2.05, 4.69) is 10.3 Å². The molecule has 0 unspecified atom stereocenters. The first-order chi connectivity index (χ1) is 17.2. The molecule has 3 N–H and O–H groups in total. The first-order valence-electron chi connectivity index (χ1n) is 12.5. The molecule has 0 radical (unpaired) electrons. The van der Waals surface area contributed by atoms with Gasteiger partial charge in [-0.15, -0.1) is 0 Å². The number of nitrogens with zero attached hydrogens (tertiary/aromatic N) is 3. The van der Waals surface area contributed by atoms with E-state index in [1.807, 2.05) is 12.1 Å². The Morgan fingerprint density at radius 1 is 1.17 bits per heavy atom. The summed E-state index contributed by atoms with van der Waals surface area (Å²) in [7, 11) is 0. The van der Waals surface area contributed by atoms with Crippen molar-refractivity contribution in [3.05, 3.63) is 54.3 Å². The van der Waals surface area contributed by atoms with Crippen LogP contribution in [-0.2, 0) is 4.74 Å². The van der Waals surface area contributed by atoms with Gasteiger partial charge in [0, 0.05) is 42.9 Å². The first kappa shape index (κ1) is 24.2. The summed E-state index contributed by atoms with van der Waals surface area (Å²) in [6.07, 6.45) is 5.23. The number of aromatic nitrogens is 2. The number of nitrogens with one attached hydrogen (secondary N) is 1. The highest BCUT2D eigenvalue weighted by atomic mass is 19.1. The maximum Gasteiger partial charge on any atom is 0.411 e. The molecule has 9 heteroatoms. The number of ether oxygens (including phenoxy) is 1. The molecular weight excluding hydrogens is 461 g/mol. The van der Waals surface area contributed by atoms with Crippen LogP contribution in [0.1, 0.15) is 51.3 Å². The van der Waals surface area contributed by atoms with Gasteiger partial charge in [-0.05, 0) is 81.8 Å². The summed E-state index contributed by atoms with van der Waals surface area (Å²) in [5.74, 6) is 2.49. The molecule has 2 aliphatic rings. The summed E-state index contributed by atoms with van der Waals surface area (Å²) in [4.78, 5) is 23.4. The summed E-state index contributed by atoms with van der Waals surface area (Å²) in [5.41, 5.74) is 7.09. The summed E-state index contributed by atoms with van der Waals surface area (Å²) in [5, 5.41) is 3.40. The Hall–Kier alpha value is -3.46. The highest BCUT2D eigenvalue weighted by molar-refractivity contribution is 5.78. The van der Waals surface area contributed by atoms with Crippen LogP contribution in [0, 0.1) is 11.7 Å². The number of nitrogens with two attached hydrogens (primary N) is 1. The summed E-state index contributed by atoms with van der Waals surface area (Å²) >= 11 is 0. The number of rotatable bonds is 7. The molecule has 3 aromatic rings. The number of likely N-dealkylation sites (tertiary alicyclic amines) is 1. The van der Waals surface area contributed by atoms with E-state index in [4.69, 9.17) is 19.9 Å². The molecule has 1 saturated carbocycles. The normalized spacial score (nSPS) is 16.7. The Balaban J connectivity index is 1.39. The van der Waals surface area contributed by atoms with Gasteiger partial charge < -0.3 is 19.4 Å². The lowest BCUT2D eigenvalue weighted by Gasteiger charge is -2.32. The minimum Gasteiger partial charge on any atom is -0.440 e. The third kappa shape index (κ3) is 5.84. The molecule has 1 aliphatic carbocycles. The van der Waals surface area contributed by atoms with Gasteiger partial charge in [-0.3, -0.25) is 5.73 Å². The van der Waals surface area contributed by atoms with E-state index in [-0.39, 0.29) is 11.7 Å². The lowest BCUT2D eigenvalue weighted by molar-refractivity contribution is 0.0129. The van der Waals surface area contributed by atoms with Crippen molar-refractivity contribution < 1.29 is 18.3 Å². The zero-order valence-corrected chi connectivity index (χ0v) is 20.7. The smallest absolute Gasteiger partial charge is 0.411 e. The van der Waals surface area contributed by atoms with Crippen molar-refractivity contribution in [1.29, 1.82) is 0 Å². The number of carbonyl (C=O) groups excluding carboxylic acids is 1. The van der Waals surface area contributed by atoms with Gasteiger partial charge in [0.05, 0.1) is 0 Å². The number of amides is 1. The Bertz CT molecular complexity index is 1210. The number of carbonyl (C=O) groups is 1. The van der Waals surface area contributed by atoms with E-state index in [1.54, 1.807) is 37.1 Å². The number of halogens is 1. The average molecular weight is 494 g/mol. The lowest BCUT2D eigenvalue weighted by Crippen LogP contribution is -2.45. The molecular formula is C27H32FN5O3. The summed E-state index contributed by atoms with van der Waals surface area (Å²) in [6, 6.07) is 10.1. The molecule has 1 aliphatic heterocycles. The SMILES string of the molecule is CC(C)(N)OC(=O)N1CCC(c2nc(-c3ccc(F)cc3)c(-c3ccnc(NCC4CC4)c3)o2)CC1. The van der Waals surface area contributed by atoms with Crippen LogP contribution in [0.15, 0.2) is 47.0 Å². The average Bonchev–Trinajstić information content (AvgIpc) is 3.58. The number of oxazole rings is 1. The highest BCUT2D eigenvalue weighted by Gasteiger charge is 2.31. The molecule has 5 rings (SSSR count). The second-order valence-corrected chi connectivity index (χ2v) is 10.2. The number of piperidine rings is 1. The van der Waals surface area contributed by atoms with E-state index >= 15 is 0 Å². The van der Waals surface area contributed by atoms with Gasteiger partial charge in [-0.1, -0.05) is 0 Å². The second kappa shape index (κ2) is 9.89. The van der Waals surface area contributed by atoms with Crippen molar-refractivity contribution >= 4 is 11.9 Å². The largest absolute Gasteiger partial charge is 0.440 e. The van der Waals surface area contributed by atoms with Crippen LogP contribution >= 0.6 is 0 Å². The van der Waals surface area contributed by atoms with Gasteiger partial charge in [0.1, 0.15) is 17.3 Å². The number of hydrogen-bond donors (Lipinski definition) is 2. The van der Waals surface area contributed by atoms with Gasteiger partial charge in [-0.2, -0.15) is 0 Å². The molecule has 8 nitrogen and oxygen atoms in total. The van der Waals surface area contributed by atoms with Crippen molar-refractivity contribution in [3.8, 4) is 22.6 Å². The summed E-state index contributed by atoms with van der Waals surface area (Å²) < 4.78 is 25.3. The molecule has 3 heterocycles. The third-order valence-electron chi connectivity index (χ3n) is 6.51. The molecule has 1 saturated heterocycles. The van der Waals surface area contributed by atoms with Crippen LogP contribution < -0.4 is 11.1 Å². The van der Waals surface area contributed by atoms with E-state index in [1.165, 1.54) is 25.0 Å². The van der Waals surface area contributed by atoms with E-state index < -0.39 is 11.8 Å². The Labute approximate surface area is 210 Å². The van der Waals surface area contributed by atoms with Gasteiger partial charge in [0.15, 0.2) is 17.4 Å². The Kier molecular flexibility index (Phi) is 6.66. The quantitative estimate of drug-likeness (QED) is 0.426. The van der Waals surface area contributed by atoms with Crippen molar-refractivity contribution in [2.45, 2.75) is 51.2 Å². The fraction of sp³-hybridized carbons (Fsp3) is 0.444. The van der Waals surface area contributed by atoms with Crippen molar-refractivity contribution in [2.24, 2.45) is 11.7 Å². The van der Waals surface area contributed by atoms with Crippen molar-refractivity contribution in [2.75, 3.05) is 25.0 Å². The topological polar surface area (TPSA) is 107 Å². The minimum atomic E-state index is -1.02. The molecule has 0 atom stereocenters. The zero-order chi connectivity index (χ0) is 25.3. The van der Waals surface area contributed by atoms with Crippen molar-refractivity contribution in [3.63, 3.8) is 0 Å². The standard InChI is InChI=1S/C27H32FN5O3/c1-27(2,29)36-26(34)33-13-10-19(11-14-33)25-32-23(18-5-7-21(28)8-6-18)24(35-25)20-9-12-30-22(15-20)31-16-17-3-4-17/h5-9,12,15,17,19H,3-4,10-11,13-14,16,29H2,1-2H3,(H,30,31). The van der Waals surface area contributed by atoms with Crippen LogP contribution in [0.2, 0.25) is 0 Å². The molecule has 190 valence electrons. The first-order valence-corrected chi connectivity index (χ1v) is 12.5. The fourth-order valence-corrected chi connectivity index (χ4v) is 4.35. The predicted molar refractivity (Wildman–Crippen MR) is 135 cm³/mol. The van der Waals surface area contributed by atoms with E-state index in [9.17, 15) is 9.18 Å². The molecule has 0 spiro atoms. The van der Waals surface area contributed by atoms with Crippen LogP contribution in [0.25, 0.3) is 22.6 Å². The summed E-state index contributed by atoms with van der Waals surface area (Å²) in [6.45, 7) is 5.25. The minimum absolute atomic E-state index is 0.0437. The number of anilines is 1. The number of hydrogen-bond acceptors (Lipinski definition) is 7. The van der Waals surface area contributed by atoms with Crippen LogP contribution in [0.4, 0.5) is 15.0 Å². The molecule has 1 aromatic carbocycles. The zero-order valence-electron chi connectivity index (χ0n) is 20.7. The van der Waals surface area contributed by atoms with E-state index in [0.717, 1.165) is 29.4 Å². The molecule has 2 aromatic heterocycles. The molecule has 36 heavy (non-hydrogen) atoms. The highest BCUT2D eigenvalue weighted by Crippen LogP contribution is 2.38. The van der Waals surface area contributed by atoms with Gasteiger partial charge >= 0.3 is 6.09 Å². The van der Waals surface area contributed by atoms with Gasteiger partial charge in [0.25, 0.3) is 0 Å². The Morgan fingerprint density at radius 2 is 1.89 bits per heavy atom. The van der Waals surface area contributed by atoms with Crippen LogP contribution in [-0.4, -0.2) is 46.3 Å². The molecule has 2 fully saturated rings. The Morgan fingerprint density at radius 3 is 2.56 bits per heavy atom. The fourth-order valence-electron chi connectivity index (χ4n) is 4.35. The van der Waals surface area contributed by atoms with E-state index in [0.29, 0.717) is 43.3 Å². The number of pyridine rings is 1. The molecule has 1 amide bonds. The van der Waals surface area contributed by atoms with Crippen LogP contribution in [0.5, 0.6) is 0 Å². The van der Waals surface area contributed by atoms with Gasteiger partial charge in [0.2, 0.25) is 0 Å². The second-order valence-electron chi connectivity index (χ2n) is 10.2.